The summed E-state index contributed by atoms with van der Waals surface area (Å²) in [7, 11) is 0. The molecular formula is C17H19ClFNO. The summed E-state index contributed by atoms with van der Waals surface area (Å²) in [4.78, 5) is 0. The summed E-state index contributed by atoms with van der Waals surface area (Å²) in [6.07, 6.45) is 0.314. The smallest absolute Gasteiger partial charge is 0.140 e. The quantitative estimate of drug-likeness (QED) is 0.873. The standard InChI is InChI=1S/C17H19ClFNO/c1-3-15(20)17(13-6-4-5-7-14(13)18)21-16-10-12(19)9-8-11(16)2/h4-10,15,17H,3,20H2,1-2H3. The van der Waals surface area contributed by atoms with Gasteiger partial charge in [-0.2, -0.15) is 0 Å². The molecule has 112 valence electrons. The number of hydrogen-bond donors (Lipinski definition) is 1. The van der Waals surface area contributed by atoms with Gasteiger partial charge >= 0.3 is 0 Å². The molecule has 0 radical (unpaired) electrons. The van der Waals surface area contributed by atoms with Crippen molar-refractivity contribution < 1.29 is 9.13 Å². The largest absolute Gasteiger partial charge is 0.484 e. The predicted molar refractivity (Wildman–Crippen MR) is 84.2 cm³/mol. The van der Waals surface area contributed by atoms with Gasteiger partial charge in [-0.15, -0.1) is 0 Å². The van der Waals surface area contributed by atoms with Crippen LogP contribution in [-0.2, 0) is 0 Å². The highest BCUT2D eigenvalue weighted by Gasteiger charge is 2.23. The van der Waals surface area contributed by atoms with E-state index in [1.807, 2.05) is 32.0 Å². The van der Waals surface area contributed by atoms with Gasteiger partial charge in [0.05, 0.1) is 0 Å². The van der Waals surface area contributed by atoms with Crippen molar-refractivity contribution in [2.45, 2.75) is 32.4 Å². The molecule has 2 aromatic rings. The summed E-state index contributed by atoms with van der Waals surface area (Å²) < 4.78 is 19.4. The Bertz CT molecular complexity index is 617. The molecule has 0 fully saturated rings. The van der Waals surface area contributed by atoms with Crippen LogP contribution in [0.15, 0.2) is 42.5 Å². The van der Waals surface area contributed by atoms with Crippen molar-refractivity contribution in [1.82, 2.24) is 0 Å². The molecule has 2 rings (SSSR count). The van der Waals surface area contributed by atoms with Crippen LogP contribution in [0.25, 0.3) is 0 Å². The van der Waals surface area contributed by atoms with E-state index in [2.05, 4.69) is 0 Å². The Morgan fingerprint density at radius 2 is 1.95 bits per heavy atom. The number of halogens is 2. The average molecular weight is 308 g/mol. The van der Waals surface area contributed by atoms with E-state index in [0.717, 1.165) is 17.5 Å². The summed E-state index contributed by atoms with van der Waals surface area (Å²) in [6.45, 7) is 3.85. The van der Waals surface area contributed by atoms with E-state index in [-0.39, 0.29) is 11.9 Å². The van der Waals surface area contributed by atoms with Crippen molar-refractivity contribution in [3.63, 3.8) is 0 Å². The van der Waals surface area contributed by atoms with Crippen molar-refractivity contribution in [1.29, 1.82) is 0 Å². The molecule has 0 amide bonds. The fourth-order valence-corrected chi connectivity index (χ4v) is 2.38. The lowest BCUT2D eigenvalue weighted by Gasteiger charge is -2.26. The molecule has 2 aromatic carbocycles. The molecule has 21 heavy (non-hydrogen) atoms. The second kappa shape index (κ2) is 6.92. The number of benzene rings is 2. The summed E-state index contributed by atoms with van der Waals surface area (Å²) in [5.41, 5.74) is 7.85. The van der Waals surface area contributed by atoms with E-state index in [1.165, 1.54) is 12.1 Å². The van der Waals surface area contributed by atoms with Crippen molar-refractivity contribution >= 4 is 11.6 Å². The lowest BCUT2D eigenvalue weighted by molar-refractivity contribution is 0.169. The van der Waals surface area contributed by atoms with Crippen LogP contribution in [0.4, 0.5) is 4.39 Å². The van der Waals surface area contributed by atoms with Gasteiger partial charge in [0.25, 0.3) is 0 Å². The van der Waals surface area contributed by atoms with E-state index in [1.54, 1.807) is 12.1 Å². The highest BCUT2D eigenvalue weighted by Crippen LogP contribution is 2.32. The molecule has 2 nitrogen and oxygen atoms in total. The van der Waals surface area contributed by atoms with Gasteiger partial charge in [-0.25, -0.2) is 4.39 Å². The Labute approximate surface area is 129 Å². The zero-order chi connectivity index (χ0) is 15.4. The summed E-state index contributed by atoms with van der Waals surface area (Å²) >= 11 is 6.25. The molecule has 0 aliphatic carbocycles. The van der Waals surface area contributed by atoms with E-state index >= 15 is 0 Å². The molecule has 2 N–H and O–H groups in total. The first-order valence-electron chi connectivity index (χ1n) is 6.95. The number of hydrogen-bond acceptors (Lipinski definition) is 2. The number of rotatable bonds is 5. The molecular weight excluding hydrogens is 289 g/mol. The van der Waals surface area contributed by atoms with E-state index in [9.17, 15) is 4.39 Å². The molecule has 2 atom stereocenters. The third kappa shape index (κ3) is 3.74. The van der Waals surface area contributed by atoms with Gasteiger partial charge in [-0.1, -0.05) is 42.8 Å². The number of aryl methyl sites for hydroxylation is 1. The lowest BCUT2D eigenvalue weighted by atomic mass is 10.0. The summed E-state index contributed by atoms with van der Waals surface area (Å²) in [6, 6.07) is 11.7. The van der Waals surface area contributed by atoms with Crippen LogP contribution >= 0.6 is 11.6 Å². The molecule has 4 heteroatoms. The zero-order valence-electron chi connectivity index (χ0n) is 12.1. The van der Waals surface area contributed by atoms with Gasteiger partial charge < -0.3 is 10.5 Å². The van der Waals surface area contributed by atoms with E-state index < -0.39 is 6.10 Å². The number of nitrogens with two attached hydrogens (primary N) is 1. The van der Waals surface area contributed by atoms with Crippen LogP contribution in [0.1, 0.15) is 30.6 Å². The molecule has 0 aliphatic heterocycles. The van der Waals surface area contributed by atoms with Crippen LogP contribution < -0.4 is 10.5 Å². The SMILES string of the molecule is CCC(N)C(Oc1cc(F)ccc1C)c1ccccc1Cl. The highest BCUT2D eigenvalue weighted by molar-refractivity contribution is 6.31. The van der Waals surface area contributed by atoms with Gasteiger partial charge in [-0.3, -0.25) is 0 Å². The van der Waals surface area contributed by atoms with E-state index in [0.29, 0.717) is 10.8 Å². The maximum atomic E-state index is 13.4. The maximum Gasteiger partial charge on any atom is 0.140 e. The molecule has 0 heterocycles. The molecule has 2 unspecified atom stereocenters. The third-order valence-electron chi connectivity index (χ3n) is 3.48. The molecule has 0 aromatic heterocycles. The Kier molecular flexibility index (Phi) is 5.21. The molecule has 0 spiro atoms. The predicted octanol–water partition coefficient (Wildman–Crippen LogP) is 4.64. The van der Waals surface area contributed by atoms with Crippen LogP contribution in [-0.4, -0.2) is 6.04 Å². The van der Waals surface area contributed by atoms with Crippen LogP contribution in [0.2, 0.25) is 5.02 Å². The summed E-state index contributed by atoms with van der Waals surface area (Å²) in [5, 5.41) is 0.598. The molecule has 0 saturated carbocycles. The Balaban J connectivity index is 2.38. The molecule has 0 saturated heterocycles. The molecule has 0 aliphatic rings. The van der Waals surface area contributed by atoms with Crippen molar-refractivity contribution in [2.75, 3.05) is 0 Å². The third-order valence-corrected chi connectivity index (χ3v) is 3.82. The first-order valence-corrected chi connectivity index (χ1v) is 7.33. The monoisotopic (exact) mass is 307 g/mol. The van der Waals surface area contributed by atoms with Crippen LogP contribution in [0.3, 0.4) is 0 Å². The number of ether oxygens (including phenoxy) is 1. The molecule has 0 bridgehead atoms. The normalized spacial score (nSPS) is 13.8. The van der Waals surface area contributed by atoms with Gasteiger partial charge in [0, 0.05) is 22.7 Å². The van der Waals surface area contributed by atoms with Crippen molar-refractivity contribution in [3.8, 4) is 5.75 Å². The Morgan fingerprint density at radius 3 is 2.62 bits per heavy atom. The van der Waals surface area contributed by atoms with E-state index in [4.69, 9.17) is 22.1 Å². The fraction of sp³-hybridized carbons (Fsp3) is 0.294. The topological polar surface area (TPSA) is 35.2 Å². The van der Waals surface area contributed by atoms with Crippen molar-refractivity contribution in [2.24, 2.45) is 5.73 Å². The first-order chi connectivity index (χ1) is 10.0. The second-order valence-corrected chi connectivity index (χ2v) is 5.45. The van der Waals surface area contributed by atoms with Crippen molar-refractivity contribution in [3.05, 3.63) is 64.4 Å². The zero-order valence-corrected chi connectivity index (χ0v) is 12.9. The Hall–Kier alpha value is -1.58. The average Bonchev–Trinajstić information content (AvgIpc) is 2.48. The van der Waals surface area contributed by atoms with Gasteiger partial charge in [0.15, 0.2) is 0 Å². The second-order valence-electron chi connectivity index (χ2n) is 5.04. The van der Waals surface area contributed by atoms with Gasteiger partial charge in [0.2, 0.25) is 0 Å². The maximum absolute atomic E-state index is 13.4. The minimum Gasteiger partial charge on any atom is -0.484 e. The Morgan fingerprint density at radius 1 is 1.24 bits per heavy atom. The lowest BCUT2D eigenvalue weighted by Crippen LogP contribution is -2.31. The fourth-order valence-electron chi connectivity index (χ4n) is 2.14. The highest BCUT2D eigenvalue weighted by atomic mass is 35.5. The summed E-state index contributed by atoms with van der Waals surface area (Å²) in [5.74, 6) is 0.155. The van der Waals surface area contributed by atoms with Crippen LogP contribution in [0.5, 0.6) is 5.75 Å². The first kappa shape index (κ1) is 15.8. The van der Waals surface area contributed by atoms with Gasteiger partial charge in [0.1, 0.15) is 17.7 Å². The minimum absolute atomic E-state index is 0.229. The van der Waals surface area contributed by atoms with Crippen LogP contribution in [0, 0.1) is 12.7 Å². The minimum atomic E-state index is -0.413. The van der Waals surface area contributed by atoms with Gasteiger partial charge in [-0.05, 0) is 31.0 Å².